The highest BCUT2D eigenvalue weighted by molar-refractivity contribution is 7.90. The Morgan fingerprint density at radius 2 is 2.05 bits per heavy atom. The highest BCUT2D eigenvalue weighted by Gasteiger charge is 2.14. The molecule has 1 aromatic heterocycles. The van der Waals surface area contributed by atoms with Gasteiger partial charge in [-0.2, -0.15) is 5.10 Å². The monoisotopic (exact) mass is 346 g/mol. The minimum atomic E-state index is -3.10. The number of halogens is 2. The molecule has 2 aromatic rings. The Hall–Kier alpha value is -1.37. The van der Waals surface area contributed by atoms with Crippen molar-refractivity contribution < 1.29 is 13.2 Å². The maximum atomic E-state index is 11.2. The zero-order valence-corrected chi connectivity index (χ0v) is 13.4. The summed E-state index contributed by atoms with van der Waals surface area (Å²) in [6.07, 6.45) is 3.30. The summed E-state index contributed by atoms with van der Waals surface area (Å²) in [6.45, 7) is 0.172. The molecule has 0 fully saturated rings. The molecule has 0 saturated heterocycles. The second-order valence-corrected chi connectivity index (χ2v) is 7.67. The molecule has 1 aromatic carbocycles. The van der Waals surface area contributed by atoms with Crippen LogP contribution in [0.4, 0.5) is 0 Å². The van der Waals surface area contributed by atoms with E-state index in [-0.39, 0.29) is 12.3 Å². The minimum absolute atomic E-state index is 0.0548. The smallest absolute Gasteiger partial charge is 0.153 e. The highest BCUT2D eigenvalue weighted by atomic mass is 35.5. The van der Waals surface area contributed by atoms with Crippen LogP contribution < -0.4 is 0 Å². The number of benzene rings is 1. The fraction of sp³-hybridized carbons (Fsp3) is 0.231. The van der Waals surface area contributed by atoms with Crippen LogP contribution in [0.25, 0.3) is 11.3 Å². The minimum Gasteiger partial charge on any atom is -0.298 e. The molecule has 21 heavy (non-hydrogen) atoms. The number of carbonyl (C=O) groups is 1. The van der Waals surface area contributed by atoms with Gasteiger partial charge in [-0.15, -0.1) is 0 Å². The van der Waals surface area contributed by atoms with Crippen molar-refractivity contribution in [3.63, 3.8) is 0 Å². The molecule has 0 aliphatic carbocycles. The Bertz CT molecular complexity index is 785. The van der Waals surface area contributed by atoms with Crippen LogP contribution in [-0.4, -0.2) is 36.5 Å². The maximum absolute atomic E-state index is 11.2. The van der Waals surface area contributed by atoms with E-state index in [1.165, 1.54) is 10.9 Å². The van der Waals surface area contributed by atoms with Crippen molar-refractivity contribution in [2.75, 3.05) is 12.0 Å². The van der Waals surface area contributed by atoms with Crippen molar-refractivity contribution >= 4 is 39.3 Å². The lowest BCUT2D eigenvalue weighted by atomic mass is 10.1. The van der Waals surface area contributed by atoms with E-state index < -0.39 is 9.84 Å². The number of aromatic nitrogens is 2. The SMILES string of the molecule is CS(=O)(=O)CCn1cc(C=O)c(-c2ccc(Cl)cc2Cl)n1. The van der Waals surface area contributed by atoms with E-state index in [4.69, 9.17) is 23.2 Å². The van der Waals surface area contributed by atoms with Gasteiger partial charge >= 0.3 is 0 Å². The van der Waals surface area contributed by atoms with E-state index in [0.717, 1.165) is 6.26 Å². The van der Waals surface area contributed by atoms with Gasteiger partial charge < -0.3 is 0 Å². The van der Waals surface area contributed by atoms with Crippen LogP contribution in [0.2, 0.25) is 10.0 Å². The molecule has 0 aliphatic rings. The summed E-state index contributed by atoms with van der Waals surface area (Å²) in [6, 6.07) is 4.87. The second kappa shape index (κ2) is 6.17. The molecule has 0 aliphatic heterocycles. The molecule has 8 heteroatoms. The molecule has 0 amide bonds. The first-order valence-electron chi connectivity index (χ1n) is 5.96. The van der Waals surface area contributed by atoms with Crippen LogP contribution in [-0.2, 0) is 16.4 Å². The summed E-state index contributed by atoms with van der Waals surface area (Å²) in [5, 5.41) is 5.09. The van der Waals surface area contributed by atoms with Gasteiger partial charge in [0, 0.05) is 23.0 Å². The molecular formula is C13H12Cl2N2O3S. The molecule has 112 valence electrons. The summed E-state index contributed by atoms with van der Waals surface area (Å²) in [5.74, 6) is -0.0548. The number of hydrogen-bond acceptors (Lipinski definition) is 4. The fourth-order valence-electron chi connectivity index (χ4n) is 1.79. The predicted molar refractivity (Wildman–Crippen MR) is 82.8 cm³/mol. The number of nitrogens with zero attached hydrogens (tertiary/aromatic N) is 2. The first-order valence-corrected chi connectivity index (χ1v) is 8.77. The summed E-state index contributed by atoms with van der Waals surface area (Å²) in [5.41, 5.74) is 1.31. The van der Waals surface area contributed by atoms with Crippen molar-refractivity contribution in [1.82, 2.24) is 9.78 Å². The van der Waals surface area contributed by atoms with E-state index in [1.807, 2.05) is 0 Å². The highest BCUT2D eigenvalue weighted by Crippen LogP contribution is 2.30. The number of sulfone groups is 1. The lowest BCUT2D eigenvalue weighted by Crippen LogP contribution is -2.11. The lowest BCUT2D eigenvalue weighted by molar-refractivity contribution is 0.112. The number of aryl methyl sites for hydroxylation is 1. The molecule has 0 N–H and O–H groups in total. The topological polar surface area (TPSA) is 69.0 Å². The van der Waals surface area contributed by atoms with E-state index in [1.54, 1.807) is 18.2 Å². The van der Waals surface area contributed by atoms with Crippen LogP contribution >= 0.6 is 23.2 Å². The maximum Gasteiger partial charge on any atom is 0.153 e. The normalized spacial score (nSPS) is 11.6. The molecule has 0 radical (unpaired) electrons. The molecule has 0 bridgehead atoms. The summed E-state index contributed by atoms with van der Waals surface area (Å²) in [7, 11) is -3.10. The van der Waals surface area contributed by atoms with Crippen LogP contribution in [0.3, 0.4) is 0 Å². The van der Waals surface area contributed by atoms with Gasteiger partial charge in [-0.05, 0) is 18.2 Å². The first-order chi connectivity index (χ1) is 9.80. The van der Waals surface area contributed by atoms with Gasteiger partial charge in [0.05, 0.1) is 22.9 Å². The van der Waals surface area contributed by atoms with Gasteiger partial charge in [-0.1, -0.05) is 23.2 Å². The van der Waals surface area contributed by atoms with E-state index in [9.17, 15) is 13.2 Å². The summed E-state index contributed by atoms with van der Waals surface area (Å²) >= 11 is 11.9. The van der Waals surface area contributed by atoms with Crippen molar-refractivity contribution in [3.8, 4) is 11.3 Å². The molecule has 0 spiro atoms. The average molecular weight is 347 g/mol. The van der Waals surface area contributed by atoms with Crippen LogP contribution in [0.5, 0.6) is 0 Å². The molecule has 5 nitrogen and oxygen atoms in total. The number of hydrogen-bond donors (Lipinski definition) is 0. The van der Waals surface area contributed by atoms with Crippen LogP contribution in [0, 0.1) is 0 Å². The molecule has 1 heterocycles. The third-order valence-corrected chi connectivity index (χ3v) is 4.27. The molecule has 0 unspecified atom stereocenters. The molecular weight excluding hydrogens is 335 g/mol. The Kier molecular flexibility index (Phi) is 4.70. The zero-order chi connectivity index (χ0) is 15.6. The van der Waals surface area contributed by atoms with Gasteiger partial charge in [-0.25, -0.2) is 8.42 Å². The Morgan fingerprint density at radius 1 is 1.33 bits per heavy atom. The lowest BCUT2D eigenvalue weighted by Gasteiger charge is -2.03. The number of carbonyl (C=O) groups excluding carboxylic acids is 1. The van der Waals surface area contributed by atoms with Gasteiger partial charge in [0.2, 0.25) is 0 Å². The molecule has 0 atom stereocenters. The zero-order valence-electron chi connectivity index (χ0n) is 11.1. The third-order valence-electron chi connectivity index (χ3n) is 2.79. The van der Waals surface area contributed by atoms with E-state index in [0.29, 0.717) is 33.2 Å². The van der Waals surface area contributed by atoms with Crippen LogP contribution in [0.15, 0.2) is 24.4 Å². The van der Waals surface area contributed by atoms with Crippen LogP contribution in [0.1, 0.15) is 10.4 Å². The first kappa shape index (κ1) is 16.0. The number of rotatable bonds is 5. The predicted octanol–water partition coefficient (Wildman–Crippen LogP) is 2.71. The molecule has 0 saturated carbocycles. The average Bonchev–Trinajstić information content (AvgIpc) is 2.79. The van der Waals surface area contributed by atoms with Gasteiger partial charge in [0.15, 0.2) is 6.29 Å². The third kappa shape index (κ3) is 4.06. The van der Waals surface area contributed by atoms with Gasteiger partial charge in [0.1, 0.15) is 15.5 Å². The standard InChI is InChI=1S/C13H12Cl2N2O3S/c1-21(19,20)5-4-17-7-9(8-18)13(16-17)11-3-2-10(14)6-12(11)15/h2-3,6-8H,4-5H2,1H3. The largest absolute Gasteiger partial charge is 0.298 e. The van der Waals surface area contributed by atoms with E-state index >= 15 is 0 Å². The Labute approximate surface area is 132 Å². The van der Waals surface area contributed by atoms with Gasteiger partial charge in [-0.3, -0.25) is 9.48 Å². The summed E-state index contributed by atoms with van der Waals surface area (Å²) in [4.78, 5) is 11.2. The van der Waals surface area contributed by atoms with Gasteiger partial charge in [0.25, 0.3) is 0 Å². The quantitative estimate of drug-likeness (QED) is 0.780. The summed E-state index contributed by atoms with van der Waals surface area (Å²) < 4.78 is 23.8. The number of aldehydes is 1. The Balaban J connectivity index is 2.39. The second-order valence-electron chi connectivity index (χ2n) is 4.57. The van der Waals surface area contributed by atoms with Crippen molar-refractivity contribution in [1.29, 1.82) is 0 Å². The van der Waals surface area contributed by atoms with Crippen molar-refractivity contribution in [3.05, 3.63) is 40.0 Å². The Morgan fingerprint density at radius 3 is 2.62 bits per heavy atom. The van der Waals surface area contributed by atoms with Crippen molar-refractivity contribution in [2.45, 2.75) is 6.54 Å². The van der Waals surface area contributed by atoms with E-state index in [2.05, 4.69) is 5.10 Å². The molecule has 2 rings (SSSR count). The fourth-order valence-corrected chi connectivity index (χ4v) is 2.80. The van der Waals surface area contributed by atoms with Crippen molar-refractivity contribution in [2.24, 2.45) is 0 Å².